The van der Waals surface area contributed by atoms with E-state index in [1.54, 1.807) is 23.1 Å². The van der Waals surface area contributed by atoms with Gasteiger partial charge in [0.2, 0.25) is 5.82 Å². The maximum absolute atomic E-state index is 12.3. The highest BCUT2D eigenvalue weighted by molar-refractivity contribution is 6.30. The van der Waals surface area contributed by atoms with Gasteiger partial charge in [0.1, 0.15) is 6.33 Å². The summed E-state index contributed by atoms with van der Waals surface area (Å²) < 4.78 is 1.59. The highest BCUT2D eigenvalue weighted by Gasteiger charge is 2.21. The van der Waals surface area contributed by atoms with E-state index in [0.717, 1.165) is 31.6 Å². The second-order valence-corrected chi connectivity index (χ2v) is 5.28. The lowest BCUT2D eigenvalue weighted by atomic mass is 10.1. The van der Waals surface area contributed by atoms with E-state index in [1.807, 2.05) is 17.0 Å². The number of likely N-dealkylation sites (tertiary alicyclic amines) is 1. The molecule has 0 radical (unpaired) electrons. The van der Waals surface area contributed by atoms with Gasteiger partial charge in [-0.3, -0.25) is 4.79 Å². The second-order valence-electron chi connectivity index (χ2n) is 4.84. The van der Waals surface area contributed by atoms with Gasteiger partial charge in [0, 0.05) is 18.1 Å². The third kappa shape index (κ3) is 2.67. The van der Waals surface area contributed by atoms with Crippen molar-refractivity contribution in [1.29, 1.82) is 0 Å². The first-order valence-electron chi connectivity index (χ1n) is 6.71. The zero-order valence-electron chi connectivity index (χ0n) is 11.0. The number of carbonyl (C=O) groups is 1. The number of hydrogen-bond acceptors (Lipinski definition) is 3. The van der Waals surface area contributed by atoms with Crippen LogP contribution < -0.4 is 0 Å². The average molecular weight is 291 g/mol. The van der Waals surface area contributed by atoms with Crippen LogP contribution >= 0.6 is 11.6 Å². The van der Waals surface area contributed by atoms with Crippen molar-refractivity contribution in [2.75, 3.05) is 13.1 Å². The van der Waals surface area contributed by atoms with Crippen LogP contribution in [0.2, 0.25) is 5.02 Å². The Labute approximate surface area is 122 Å². The summed E-state index contributed by atoms with van der Waals surface area (Å²) in [5.41, 5.74) is 0.833. The third-order valence-electron chi connectivity index (χ3n) is 3.42. The van der Waals surface area contributed by atoms with Gasteiger partial charge in [-0.05, 0) is 43.5 Å². The predicted octanol–water partition coefficient (Wildman–Crippen LogP) is 2.55. The molecule has 20 heavy (non-hydrogen) atoms. The summed E-state index contributed by atoms with van der Waals surface area (Å²) in [7, 11) is 0. The molecule has 3 rings (SSSR count). The van der Waals surface area contributed by atoms with Gasteiger partial charge in [-0.2, -0.15) is 0 Å². The maximum atomic E-state index is 12.3. The van der Waals surface area contributed by atoms with E-state index in [-0.39, 0.29) is 11.7 Å². The van der Waals surface area contributed by atoms with Crippen LogP contribution in [0.25, 0.3) is 5.69 Å². The van der Waals surface area contributed by atoms with Crippen molar-refractivity contribution in [3.63, 3.8) is 0 Å². The van der Waals surface area contributed by atoms with Crippen LogP contribution in [0.3, 0.4) is 0 Å². The minimum atomic E-state index is -0.0857. The zero-order valence-corrected chi connectivity index (χ0v) is 11.8. The van der Waals surface area contributed by atoms with Gasteiger partial charge in [0.05, 0.1) is 5.69 Å². The van der Waals surface area contributed by atoms with E-state index in [9.17, 15) is 4.79 Å². The maximum Gasteiger partial charge on any atom is 0.293 e. The van der Waals surface area contributed by atoms with Gasteiger partial charge >= 0.3 is 0 Å². The van der Waals surface area contributed by atoms with Gasteiger partial charge in [-0.25, -0.2) is 9.67 Å². The molecular formula is C14H15ClN4O. The minimum absolute atomic E-state index is 0.0857. The van der Waals surface area contributed by atoms with Crippen LogP contribution in [0.15, 0.2) is 30.6 Å². The molecule has 6 heteroatoms. The molecule has 104 valence electrons. The first-order valence-corrected chi connectivity index (χ1v) is 7.09. The highest BCUT2D eigenvalue weighted by Crippen LogP contribution is 2.14. The van der Waals surface area contributed by atoms with Crippen LogP contribution in [-0.2, 0) is 0 Å². The van der Waals surface area contributed by atoms with Crippen LogP contribution in [0.1, 0.15) is 29.9 Å². The van der Waals surface area contributed by atoms with Gasteiger partial charge in [-0.15, -0.1) is 5.10 Å². The summed E-state index contributed by atoms with van der Waals surface area (Å²) in [4.78, 5) is 18.2. The van der Waals surface area contributed by atoms with Crippen molar-refractivity contribution in [2.45, 2.75) is 19.3 Å². The monoisotopic (exact) mass is 290 g/mol. The molecule has 0 atom stereocenters. The first kappa shape index (κ1) is 13.1. The fraction of sp³-hybridized carbons (Fsp3) is 0.357. The standard InChI is InChI=1S/C14H15ClN4O/c15-11-4-6-12(7-5-11)19-10-16-13(17-19)14(20)18-8-2-1-3-9-18/h4-7,10H,1-3,8-9H2. The van der Waals surface area contributed by atoms with E-state index in [4.69, 9.17) is 11.6 Å². The Morgan fingerprint density at radius 1 is 1.10 bits per heavy atom. The van der Waals surface area contributed by atoms with Gasteiger partial charge < -0.3 is 4.90 Å². The molecule has 0 spiro atoms. The minimum Gasteiger partial charge on any atom is -0.336 e. The molecule has 0 unspecified atom stereocenters. The lowest BCUT2D eigenvalue weighted by Gasteiger charge is -2.25. The lowest BCUT2D eigenvalue weighted by Crippen LogP contribution is -2.36. The van der Waals surface area contributed by atoms with E-state index in [1.165, 1.54) is 6.42 Å². The van der Waals surface area contributed by atoms with E-state index in [2.05, 4.69) is 10.1 Å². The summed E-state index contributed by atoms with van der Waals surface area (Å²) >= 11 is 5.85. The average Bonchev–Trinajstić information content (AvgIpc) is 2.98. The SMILES string of the molecule is O=C(c1ncn(-c2ccc(Cl)cc2)n1)N1CCCCC1. The molecule has 0 N–H and O–H groups in total. The predicted molar refractivity (Wildman–Crippen MR) is 76.1 cm³/mol. The van der Waals surface area contributed by atoms with Crippen molar-refractivity contribution in [1.82, 2.24) is 19.7 Å². The molecule has 1 aromatic heterocycles. The smallest absolute Gasteiger partial charge is 0.293 e. The largest absolute Gasteiger partial charge is 0.336 e. The number of piperidine rings is 1. The number of benzene rings is 1. The number of rotatable bonds is 2. The van der Waals surface area contributed by atoms with E-state index in [0.29, 0.717) is 5.02 Å². The lowest BCUT2D eigenvalue weighted by molar-refractivity contribution is 0.0712. The summed E-state index contributed by atoms with van der Waals surface area (Å²) in [5, 5.41) is 4.92. The Kier molecular flexibility index (Phi) is 3.69. The van der Waals surface area contributed by atoms with E-state index >= 15 is 0 Å². The number of halogens is 1. The van der Waals surface area contributed by atoms with Gasteiger partial charge in [0.25, 0.3) is 5.91 Å². The molecule has 1 aromatic carbocycles. The van der Waals surface area contributed by atoms with Crippen molar-refractivity contribution in [2.24, 2.45) is 0 Å². The Morgan fingerprint density at radius 3 is 2.50 bits per heavy atom. The molecule has 1 aliphatic rings. The third-order valence-corrected chi connectivity index (χ3v) is 3.67. The molecule has 1 amide bonds. The normalized spacial score (nSPS) is 15.3. The Hall–Kier alpha value is -1.88. The molecule has 0 bridgehead atoms. The fourth-order valence-electron chi connectivity index (χ4n) is 2.32. The van der Waals surface area contributed by atoms with Crippen molar-refractivity contribution < 1.29 is 4.79 Å². The van der Waals surface area contributed by atoms with Crippen molar-refractivity contribution in [3.05, 3.63) is 41.4 Å². The molecule has 0 aliphatic carbocycles. The number of nitrogens with zero attached hydrogens (tertiary/aromatic N) is 4. The topological polar surface area (TPSA) is 51.0 Å². The summed E-state index contributed by atoms with van der Waals surface area (Å²) in [6.45, 7) is 1.60. The quantitative estimate of drug-likeness (QED) is 0.854. The molecular weight excluding hydrogens is 276 g/mol. The molecule has 5 nitrogen and oxygen atoms in total. The van der Waals surface area contributed by atoms with Crippen LogP contribution in [-0.4, -0.2) is 38.7 Å². The van der Waals surface area contributed by atoms with Crippen molar-refractivity contribution in [3.8, 4) is 5.69 Å². The Morgan fingerprint density at radius 2 is 1.80 bits per heavy atom. The van der Waals surface area contributed by atoms with Crippen molar-refractivity contribution >= 4 is 17.5 Å². The number of carbonyl (C=O) groups excluding carboxylic acids is 1. The van der Waals surface area contributed by atoms with Gasteiger partial charge in [0.15, 0.2) is 0 Å². The molecule has 2 heterocycles. The molecule has 1 saturated heterocycles. The Balaban J connectivity index is 1.79. The second kappa shape index (κ2) is 5.63. The van der Waals surface area contributed by atoms with Crippen LogP contribution in [0.4, 0.5) is 0 Å². The molecule has 0 saturated carbocycles. The molecule has 1 fully saturated rings. The Bertz CT molecular complexity index is 602. The fourth-order valence-corrected chi connectivity index (χ4v) is 2.44. The first-order chi connectivity index (χ1) is 9.74. The summed E-state index contributed by atoms with van der Waals surface area (Å²) in [5.74, 6) is 0.166. The zero-order chi connectivity index (χ0) is 13.9. The van der Waals surface area contributed by atoms with E-state index < -0.39 is 0 Å². The molecule has 1 aliphatic heterocycles. The number of amides is 1. The highest BCUT2D eigenvalue weighted by atomic mass is 35.5. The molecule has 2 aromatic rings. The van der Waals surface area contributed by atoms with Crippen LogP contribution in [0, 0.1) is 0 Å². The number of hydrogen-bond donors (Lipinski definition) is 0. The summed E-state index contributed by atoms with van der Waals surface area (Å²) in [6.07, 6.45) is 4.87. The number of aromatic nitrogens is 3. The van der Waals surface area contributed by atoms with Gasteiger partial charge in [-0.1, -0.05) is 11.6 Å². The summed E-state index contributed by atoms with van der Waals surface area (Å²) in [6, 6.07) is 7.24. The van der Waals surface area contributed by atoms with Crippen LogP contribution in [0.5, 0.6) is 0 Å².